The van der Waals surface area contributed by atoms with Crippen LogP contribution in [0.3, 0.4) is 0 Å². The molecular formula is C11H11BrClFN2. The number of halogens is 3. The highest BCUT2D eigenvalue weighted by Crippen LogP contribution is 2.25. The van der Waals surface area contributed by atoms with Crippen LogP contribution in [0.25, 0.3) is 11.0 Å². The number of aromatic nitrogens is 2. The molecule has 1 aromatic carbocycles. The summed E-state index contributed by atoms with van der Waals surface area (Å²) >= 11 is 8.98. The first-order chi connectivity index (χ1) is 7.67. The molecule has 2 aromatic rings. The Morgan fingerprint density at radius 2 is 2.25 bits per heavy atom. The molecule has 0 fully saturated rings. The highest BCUT2D eigenvalue weighted by Gasteiger charge is 2.12. The van der Waals surface area contributed by atoms with E-state index in [2.05, 4.69) is 27.8 Å². The van der Waals surface area contributed by atoms with E-state index in [1.54, 1.807) is 6.07 Å². The molecule has 0 aliphatic carbocycles. The monoisotopic (exact) mass is 304 g/mol. The maximum Gasteiger partial charge on any atom is 0.139 e. The third-order valence-corrected chi connectivity index (χ3v) is 3.28. The molecule has 16 heavy (non-hydrogen) atoms. The van der Waals surface area contributed by atoms with Crippen molar-refractivity contribution in [2.24, 2.45) is 0 Å². The summed E-state index contributed by atoms with van der Waals surface area (Å²) < 4.78 is 15.9. The largest absolute Gasteiger partial charge is 0.327 e. The maximum atomic E-state index is 13.5. The van der Waals surface area contributed by atoms with E-state index in [0.717, 1.165) is 29.8 Å². The molecule has 2 nitrogen and oxygen atoms in total. The summed E-state index contributed by atoms with van der Waals surface area (Å²) in [7, 11) is 0. The van der Waals surface area contributed by atoms with Gasteiger partial charge in [-0.2, -0.15) is 0 Å². The topological polar surface area (TPSA) is 17.8 Å². The van der Waals surface area contributed by atoms with Gasteiger partial charge in [-0.25, -0.2) is 9.37 Å². The third kappa shape index (κ3) is 1.96. The van der Waals surface area contributed by atoms with Crippen molar-refractivity contribution in [3.8, 4) is 0 Å². The lowest BCUT2D eigenvalue weighted by atomic mass is 10.3. The molecule has 0 spiro atoms. The molecule has 1 heterocycles. The number of nitrogens with zero attached hydrogens (tertiary/aromatic N) is 2. The molecule has 0 bridgehead atoms. The number of aryl methyl sites for hydroxylation is 1. The van der Waals surface area contributed by atoms with Gasteiger partial charge in [0.2, 0.25) is 0 Å². The SMILES string of the molecule is CCCn1c(CCl)nc2cc(Br)c(F)cc21. The summed E-state index contributed by atoms with van der Waals surface area (Å²) in [6, 6.07) is 3.19. The fourth-order valence-electron chi connectivity index (χ4n) is 1.75. The Kier molecular flexibility index (Phi) is 3.50. The van der Waals surface area contributed by atoms with Gasteiger partial charge < -0.3 is 4.57 Å². The average molecular weight is 306 g/mol. The second-order valence-corrected chi connectivity index (χ2v) is 4.69. The summed E-state index contributed by atoms with van der Waals surface area (Å²) in [4.78, 5) is 4.39. The minimum absolute atomic E-state index is 0.272. The van der Waals surface area contributed by atoms with Crippen molar-refractivity contribution in [2.75, 3.05) is 0 Å². The average Bonchev–Trinajstić information content (AvgIpc) is 2.58. The van der Waals surface area contributed by atoms with Gasteiger partial charge in [0.05, 0.1) is 21.4 Å². The number of alkyl halides is 1. The fraction of sp³-hybridized carbons (Fsp3) is 0.364. The van der Waals surface area contributed by atoms with Crippen molar-refractivity contribution in [1.82, 2.24) is 9.55 Å². The van der Waals surface area contributed by atoms with Crippen LogP contribution < -0.4 is 0 Å². The molecule has 2 rings (SSSR count). The first kappa shape index (κ1) is 11.9. The number of hydrogen-bond acceptors (Lipinski definition) is 1. The van der Waals surface area contributed by atoms with E-state index < -0.39 is 0 Å². The minimum atomic E-state index is -0.272. The molecular weight excluding hydrogens is 294 g/mol. The van der Waals surface area contributed by atoms with Crippen molar-refractivity contribution < 1.29 is 4.39 Å². The van der Waals surface area contributed by atoms with Crippen molar-refractivity contribution >= 4 is 38.6 Å². The van der Waals surface area contributed by atoms with Crippen molar-refractivity contribution in [1.29, 1.82) is 0 Å². The van der Waals surface area contributed by atoms with Gasteiger partial charge in [-0.15, -0.1) is 11.6 Å². The van der Waals surface area contributed by atoms with Gasteiger partial charge in [-0.05, 0) is 28.4 Å². The summed E-state index contributed by atoms with van der Waals surface area (Å²) in [6.45, 7) is 2.87. The zero-order valence-corrected chi connectivity index (χ0v) is 11.1. The molecule has 0 atom stereocenters. The Bertz CT molecular complexity index is 524. The zero-order valence-electron chi connectivity index (χ0n) is 8.80. The lowest BCUT2D eigenvalue weighted by Crippen LogP contribution is -2.01. The van der Waals surface area contributed by atoms with Crippen LogP contribution in [0.15, 0.2) is 16.6 Å². The Labute approximate surface area is 107 Å². The summed E-state index contributed by atoms with van der Waals surface area (Å²) in [6.07, 6.45) is 0.965. The van der Waals surface area contributed by atoms with Crippen LogP contribution in [0.1, 0.15) is 19.2 Å². The Morgan fingerprint density at radius 3 is 2.88 bits per heavy atom. The lowest BCUT2D eigenvalue weighted by Gasteiger charge is -2.05. The lowest BCUT2D eigenvalue weighted by molar-refractivity contribution is 0.619. The third-order valence-electron chi connectivity index (χ3n) is 2.44. The molecule has 5 heteroatoms. The number of imidazole rings is 1. The summed E-state index contributed by atoms with van der Waals surface area (Å²) in [5.41, 5.74) is 1.58. The van der Waals surface area contributed by atoms with Gasteiger partial charge in [0.1, 0.15) is 11.6 Å². The molecule has 0 amide bonds. The minimum Gasteiger partial charge on any atom is -0.327 e. The van der Waals surface area contributed by atoms with Gasteiger partial charge >= 0.3 is 0 Å². The standard InChI is InChI=1S/C11H11BrClFN2/c1-2-3-16-10-5-8(14)7(12)4-9(10)15-11(16)6-13/h4-5H,2-3,6H2,1H3. The predicted octanol–water partition coefficient (Wildman–Crippen LogP) is 4.09. The maximum absolute atomic E-state index is 13.5. The second kappa shape index (κ2) is 4.72. The van der Waals surface area contributed by atoms with E-state index in [9.17, 15) is 4.39 Å². The normalized spacial score (nSPS) is 11.2. The quantitative estimate of drug-likeness (QED) is 0.781. The van der Waals surface area contributed by atoms with E-state index in [0.29, 0.717) is 10.4 Å². The van der Waals surface area contributed by atoms with Gasteiger partial charge in [-0.1, -0.05) is 6.92 Å². The van der Waals surface area contributed by atoms with Gasteiger partial charge in [0, 0.05) is 12.6 Å². The van der Waals surface area contributed by atoms with Crippen LogP contribution in [-0.4, -0.2) is 9.55 Å². The molecule has 1 aromatic heterocycles. The zero-order chi connectivity index (χ0) is 11.7. The van der Waals surface area contributed by atoms with Crippen LogP contribution >= 0.6 is 27.5 Å². The molecule has 0 aliphatic heterocycles. The Hall–Kier alpha value is -0.610. The van der Waals surface area contributed by atoms with Gasteiger partial charge in [0.15, 0.2) is 0 Å². The van der Waals surface area contributed by atoms with Crippen molar-refractivity contribution in [3.63, 3.8) is 0 Å². The van der Waals surface area contributed by atoms with Crippen LogP contribution in [0.4, 0.5) is 4.39 Å². The van der Waals surface area contributed by atoms with Crippen LogP contribution in [-0.2, 0) is 12.4 Å². The van der Waals surface area contributed by atoms with Gasteiger partial charge in [0.25, 0.3) is 0 Å². The van der Waals surface area contributed by atoms with E-state index in [4.69, 9.17) is 11.6 Å². The Balaban J connectivity index is 2.69. The van der Waals surface area contributed by atoms with Crippen LogP contribution in [0, 0.1) is 5.82 Å². The van der Waals surface area contributed by atoms with Crippen LogP contribution in [0.2, 0.25) is 0 Å². The number of benzene rings is 1. The fourth-order valence-corrected chi connectivity index (χ4v) is 2.28. The predicted molar refractivity (Wildman–Crippen MR) is 67.2 cm³/mol. The first-order valence-corrected chi connectivity index (χ1v) is 6.40. The highest BCUT2D eigenvalue weighted by atomic mass is 79.9. The number of hydrogen-bond donors (Lipinski definition) is 0. The number of rotatable bonds is 3. The van der Waals surface area contributed by atoms with Crippen molar-refractivity contribution in [2.45, 2.75) is 25.8 Å². The molecule has 0 saturated heterocycles. The smallest absolute Gasteiger partial charge is 0.139 e. The van der Waals surface area contributed by atoms with Crippen molar-refractivity contribution in [3.05, 3.63) is 28.2 Å². The number of fused-ring (bicyclic) bond motifs is 1. The summed E-state index contributed by atoms with van der Waals surface area (Å²) in [5, 5.41) is 0. The molecule has 0 N–H and O–H groups in total. The Morgan fingerprint density at radius 1 is 1.50 bits per heavy atom. The summed E-state index contributed by atoms with van der Waals surface area (Å²) in [5.74, 6) is 0.857. The van der Waals surface area contributed by atoms with E-state index in [1.165, 1.54) is 6.07 Å². The van der Waals surface area contributed by atoms with Crippen LogP contribution in [0.5, 0.6) is 0 Å². The second-order valence-electron chi connectivity index (χ2n) is 3.57. The molecule has 0 radical (unpaired) electrons. The highest BCUT2D eigenvalue weighted by molar-refractivity contribution is 9.10. The van der Waals surface area contributed by atoms with E-state index in [1.807, 2.05) is 4.57 Å². The van der Waals surface area contributed by atoms with E-state index >= 15 is 0 Å². The molecule has 0 unspecified atom stereocenters. The molecule has 86 valence electrons. The molecule has 0 saturated carbocycles. The van der Waals surface area contributed by atoms with E-state index in [-0.39, 0.29) is 5.82 Å². The molecule has 0 aliphatic rings. The first-order valence-electron chi connectivity index (χ1n) is 5.07. The van der Waals surface area contributed by atoms with Gasteiger partial charge in [-0.3, -0.25) is 0 Å².